The molecule has 0 bridgehead atoms. The Kier molecular flexibility index (Phi) is 9.52. The second kappa shape index (κ2) is 11.4. The van der Waals surface area contributed by atoms with Crippen LogP contribution >= 0.6 is 12.4 Å². The van der Waals surface area contributed by atoms with Gasteiger partial charge in [0, 0.05) is 31.9 Å². The number of nitrogens with zero attached hydrogens (tertiary/aromatic N) is 2. The fourth-order valence-electron chi connectivity index (χ4n) is 2.48. The molecule has 0 spiro atoms. The van der Waals surface area contributed by atoms with Crippen molar-refractivity contribution in [1.82, 2.24) is 9.88 Å². The molecule has 0 aliphatic heterocycles. The van der Waals surface area contributed by atoms with Crippen LogP contribution in [0.5, 0.6) is 11.5 Å². The molecule has 0 radical (unpaired) electrons. The van der Waals surface area contributed by atoms with Crippen molar-refractivity contribution < 1.29 is 14.3 Å². The first-order valence-corrected chi connectivity index (χ1v) is 8.57. The molecule has 26 heavy (non-hydrogen) atoms. The zero-order valence-corrected chi connectivity index (χ0v) is 16.4. The highest BCUT2D eigenvalue weighted by molar-refractivity contribution is 5.85. The van der Waals surface area contributed by atoms with Crippen molar-refractivity contribution in [2.45, 2.75) is 26.2 Å². The molecule has 1 heterocycles. The van der Waals surface area contributed by atoms with E-state index in [1.165, 1.54) is 5.56 Å². The van der Waals surface area contributed by atoms with Crippen LogP contribution in [0.1, 0.15) is 24.6 Å². The molecule has 0 saturated heterocycles. The number of carbonyl (C=O) groups is 1. The van der Waals surface area contributed by atoms with Crippen LogP contribution < -0.4 is 9.47 Å². The number of hydrogen-bond donors (Lipinski definition) is 0. The third-order valence-electron chi connectivity index (χ3n) is 3.97. The van der Waals surface area contributed by atoms with E-state index in [1.54, 1.807) is 25.3 Å². The van der Waals surface area contributed by atoms with Gasteiger partial charge in [0.15, 0.2) is 18.1 Å². The van der Waals surface area contributed by atoms with Gasteiger partial charge in [-0.2, -0.15) is 0 Å². The number of halogens is 1. The van der Waals surface area contributed by atoms with Crippen molar-refractivity contribution in [3.8, 4) is 11.5 Å². The standard InChI is InChI=1S/C20H26N2O3.ClH/c1-4-7-16-9-10-18(19(14-16)24-3)25-15-20(23)22(2)13-11-17-8-5-6-12-21-17;/h5-6,8-10,12,14H,4,7,11,13,15H2,1-3H3;1H. The maximum Gasteiger partial charge on any atom is 0.260 e. The Morgan fingerprint density at radius 1 is 1.15 bits per heavy atom. The summed E-state index contributed by atoms with van der Waals surface area (Å²) in [7, 11) is 3.38. The number of methoxy groups -OCH3 is 1. The Balaban J connectivity index is 0.00000338. The van der Waals surface area contributed by atoms with E-state index in [1.807, 2.05) is 36.4 Å². The van der Waals surface area contributed by atoms with Crippen molar-refractivity contribution in [3.05, 3.63) is 53.9 Å². The Bertz CT molecular complexity index is 680. The average Bonchev–Trinajstić information content (AvgIpc) is 2.65. The largest absolute Gasteiger partial charge is 0.493 e. The van der Waals surface area contributed by atoms with E-state index in [-0.39, 0.29) is 24.9 Å². The number of benzene rings is 1. The normalized spacial score (nSPS) is 9.96. The SMILES string of the molecule is CCCc1ccc(OCC(=O)N(C)CCc2ccccn2)c(OC)c1.Cl. The fourth-order valence-corrected chi connectivity index (χ4v) is 2.48. The molecule has 0 aliphatic carbocycles. The number of rotatable bonds is 9. The summed E-state index contributed by atoms with van der Waals surface area (Å²) in [5.74, 6) is 1.18. The summed E-state index contributed by atoms with van der Waals surface area (Å²) < 4.78 is 11.0. The quantitative estimate of drug-likeness (QED) is 0.669. The number of carbonyl (C=O) groups excluding carboxylic acids is 1. The van der Waals surface area contributed by atoms with Gasteiger partial charge in [-0.05, 0) is 36.2 Å². The molecule has 2 aromatic rings. The molecule has 0 fully saturated rings. The number of aryl methyl sites for hydroxylation is 1. The Morgan fingerprint density at radius 3 is 2.62 bits per heavy atom. The zero-order valence-electron chi connectivity index (χ0n) is 15.6. The lowest BCUT2D eigenvalue weighted by molar-refractivity contribution is -0.132. The minimum absolute atomic E-state index is 0. The van der Waals surface area contributed by atoms with Crippen molar-refractivity contribution in [1.29, 1.82) is 0 Å². The summed E-state index contributed by atoms with van der Waals surface area (Å²) in [4.78, 5) is 18.2. The lowest BCUT2D eigenvalue weighted by Crippen LogP contribution is -2.33. The number of likely N-dealkylation sites (N-methyl/N-ethyl adjacent to an activating group) is 1. The number of amides is 1. The molecule has 1 aromatic heterocycles. The molecule has 5 nitrogen and oxygen atoms in total. The number of hydrogen-bond acceptors (Lipinski definition) is 4. The average molecular weight is 379 g/mol. The van der Waals surface area contributed by atoms with Crippen LogP contribution in [0.15, 0.2) is 42.6 Å². The predicted octanol–water partition coefficient (Wildman–Crippen LogP) is 3.54. The molecule has 0 unspecified atom stereocenters. The molecule has 2 rings (SSSR count). The van der Waals surface area contributed by atoms with Gasteiger partial charge in [-0.25, -0.2) is 0 Å². The van der Waals surface area contributed by atoms with Crippen molar-refractivity contribution in [2.24, 2.45) is 0 Å². The topological polar surface area (TPSA) is 51.7 Å². The minimum Gasteiger partial charge on any atom is -0.493 e. The van der Waals surface area contributed by atoms with Crippen LogP contribution in [0, 0.1) is 0 Å². The second-order valence-electron chi connectivity index (χ2n) is 5.91. The van der Waals surface area contributed by atoms with E-state index in [9.17, 15) is 4.79 Å². The van der Waals surface area contributed by atoms with Gasteiger partial charge in [0.05, 0.1) is 7.11 Å². The Morgan fingerprint density at radius 2 is 1.96 bits per heavy atom. The van der Waals surface area contributed by atoms with Gasteiger partial charge in [-0.1, -0.05) is 25.5 Å². The van der Waals surface area contributed by atoms with E-state index in [4.69, 9.17) is 9.47 Å². The van der Waals surface area contributed by atoms with Gasteiger partial charge >= 0.3 is 0 Å². The predicted molar refractivity (Wildman–Crippen MR) is 105 cm³/mol. The highest BCUT2D eigenvalue weighted by Gasteiger charge is 2.12. The molecule has 1 amide bonds. The number of pyridine rings is 1. The zero-order chi connectivity index (χ0) is 18.1. The number of aromatic nitrogens is 1. The smallest absolute Gasteiger partial charge is 0.260 e. The summed E-state index contributed by atoms with van der Waals surface area (Å²) in [5.41, 5.74) is 2.17. The van der Waals surface area contributed by atoms with E-state index >= 15 is 0 Å². The lowest BCUT2D eigenvalue weighted by Gasteiger charge is -2.18. The van der Waals surface area contributed by atoms with Gasteiger partial charge in [0.25, 0.3) is 5.91 Å². The van der Waals surface area contributed by atoms with Crippen molar-refractivity contribution in [3.63, 3.8) is 0 Å². The van der Waals surface area contributed by atoms with Crippen LogP contribution in [-0.2, 0) is 17.6 Å². The summed E-state index contributed by atoms with van der Waals surface area (Å²) in [5, 5.41) is 0. The van der Waals surface area contributed by atoms with Gasteiger partial charge in [0.2, 0.25) is 0 Å². The Labute approximate surface area is 161 Å². The van der Waals surface area contributed by atoms with Gasteiger partial charge < -0.3 is 14.4 Å². The highest BCUT2D eigenvalue weighted by Crippen LogP contribution is 2.28. The molecule has 1 aromatic carbocycles. The molecule has 0 aliphatic rings. The maximum atomic E-state index is 12.2. The molecular weight excluding hydrogens is 352 g/mol. The second-order valence-corrected chi connectivity index (χ2v) is 5.91. The van der Waals surface area contributed by atoms with Crippen LogP contribution in [0.25, 0.3) is 0 Å². The van der Waals surface area contributed by atoms with E-state index in [2.05, 4.69) is 11.9 Å². The molecule has 0 atom stereocenters. The van der Waals surface area contributed by atoms with Gasteiger partial charge in [-0.15, -0.1) is 12.4 Å². The van der Waals surface area contributed by atoms with Crippen LogP contribution in [0.2, 0.25) is 0 Å². The first-order chi connectivity index (χ1) is 12.1. The first kappa shape index (κ1) is 21.8. The third-order valence-corrected chi connectivity index (χ3v) is 3.97. The summed E-state index contributed by atoms with van der Waals surface area (Å²) in [6.07, 6.45) is 4.54. The molecule has 6 heteroatoms. The molecule has 0 saturated carbocycles. The van der Waals surface area contributed by atoms with E-state index < -0.39 is 0 Å². The summed E-state index contributed by atoms with van der Waals surface area (Å²) in [6.45, 7) is 2.73. The highest BCUT2D eigenvalue weighted by atomic mass is 35.5. The molecule has 142 valence electrons. The lowest BCUT2D eigenvalue weighted by atomic mass is 10.1. The minimum atomic E-state index is -0.0735. The van der Waals surface area contributed by atoms with Crippen LogP contribution in [0.4, 0.5) is 0 Å². The van der Waals surface area contributed by atoms with Crippen molar-refractivity contribution >= 4 is 18.3 Å². The molecular formula is C20H27ClN2O3. The van der Waals surface area contributed by atoms with Crippen LogP contribution in [0.3, 0.4) is 0 Å². The summed E-state index contributed by atoms with van der Waals surface area (Å²) >= 11 is 0. The van der Waals surface area contributed by atoms with E-state index in [0.29, 0.717) is 18.0 Å². The monoisotopic (exact) mass is 378 g/mol. The first-order valence-electron chi connectivity index (χ1n) is 8.57. The maximum absolute atomic E-state index is 12.2. The van der Waals surface area contributed by atoms with E-state index in [0.717, 1.165) is 25.0 Å². The number of ether oxygens (including phenoxy) is 2. The summed E-state index contributed by atoms with van der Waals surface area (Å²) in [6, 6.07) is 11.6. The van der Waals surface area contributed by atoms with Gasteiger partial charge in [0.1, 0.15) is 0 Å². The third kappa shape index (κ3) is 6.56. The van der Waals surface area contributed by atoms with Gasteiger partial charge in [-0.3, -0.25) is 9.78 Å². The fraction of sp³-hybridized carbons (Fsp3) is 0.400. The van der Waals surface area contributed by atoms with Crippen LogP contribution in [-0.4, -0.2) is 43.1 Å². The Hall–Kier alpha value is -2.27. The van der Waals surface area contributed by atoms with Crippen molar-refractivity contribution in [2.75, 3.05) is 27.3 Å². The molecule has 0 N–H and O–H groups in total.